The summed E-state index contributed by atoms with van der Waals surface area (Å²) in [5.74, 6) is 0.945. The van der Waals surface area contributed by atoms with Crippen LogP contribution in [0.1, 0.15) is 52.4 Å². The van der Waals surface area contributed by atoms with E-state index < -0.39 is 0 Å². The number of hydrogen-bond acceptors (Lipinski definition) is 3. The molecule has 2 aromatic heterocycles. The van der Waals surface area contributed by atoms with E-state index in [4.69, 9.17) is 0 Å². The minimum Gasteiger partial charge on any atom is -0.336 e. The monoisotopic (exact) mass is 460 g/mol. The maximum Gasteiger partial charge on any atom is 0.332 e. The molecule has 0 saturated heterocycles. The van der Waals surface area contributed by atoms with Crippen molar-refractivity contribution in [3.8, 4) is 0 Å². The molecule has 3 aromatic rings. The van der Waals surface area contributed by atoms with E-state index in [2.05, 4.69) is 60.5 Å². The summed E-state index contributed by atoms with van der Waals surface area (Å²) < 4.78 is 4.02. The van der Waals surface area contributed by atoms with Crippen molar-refractivity contribution < 1.29 is 0 Å². The van der Waals surface area contributed by atoms with Crippen LogP contribution in [-0.4, -0.2) is 19.1 Å². The number of imidazole rings is 1. The molecule has 0 atom stereocenters. The molecule has 0 spiro atoms. The van der Waals surface area contributed by atoms with E-state index in [1.165, 1.54) is 4.57 Å². The average Bonchev–Trinajstić information content (AvgIpc) is 3.03. The molecule has 7 heteroatoms. The van der Waals surface area contributed by atoms with Gasteiger partial charge in [-0.3, -0.25) is 13.9 Å². The summed E-state index contributed by atoms with van der Waals surface area (Å²) >= 11 is 3.44. The van der Waals surface area contributed by atoms with Crippen LogP contribution in [0.25, 0.3) is 11.2 Å². The Morgan fingerprint density at radius 1 is 1.10 bits per heavy atom. The average molecular weight is 461 g/mol. The molecule has 0 aliphatic carbocycles. The summed E-state index contributed by atoms with van der Waals surface area (Å²) in [6, 6.07) is 7.98. The highest BCUT2D eigenvalue weighted by Gasteiger charge is 2.20. The van der Waals surface area contributed by atoms with Gasteiger partial charge in [0.25, 0.3) is 5.56 Å². The van der Waals surface area contributed by atoms with Gasteiger partial charge in [0.1, 0.15) is 11.3 Å². The first-order valence-corrected chi connectivity index (χ1v) is 10.8. The van der Waals surface area contributed by atoms with Gasteiger partial charge in [0.2, 0.25) is 0 Å². The van der Waals surface area contributed by atoms with E-state index >= 15 is 0 Å². The van der Waals surface area contributed by atoms with Crippen molar-refractivity contribution in [3.63, 3.8) is 0 Å². The standard InChI is InChI=1S/C22H29BrN4O2/c1-14(2)13-27-19-18(20(28)26(21(27)29)11-10-22(3,4)5)24-17(25-19)12-15-6-8-16(23)9-7-15/h6-9,14H,10-13H2,1-5H3,(H,24,25). The number of rotatable bonds is 6. The van der Waals surface area contributed by atoms with Gasteiger partial charge in [-0.15, -0.1) is 0 Å². The largest absolute Gasteiger partial charge is 0.336 e. The molecule has 0 bridgehead atoms. The molecule has 6 nitrogen and oxygen atoms in total. The molecule has 29 heavy (non-hydrogen) atoms. The minimum atomic E-state index is -0.288. The van der Waals surface area contributed by atoms with Crippen LogP contribution in [0.4, 0.5) is 0 Å². The molecule has 0 unspecified atom stereocenters. The van der Waals surface area contributed by atoms with Gasteiger partial charge in [0, 0.05) is 24.0 Å². The van der Waals surface area contributed by atoms with Gasteiger partial charge >= 0.3 is 5.69 Å². The SMILES string of the molecule is CC(C)Cn1c(=O)n(CCC(C)(C)C)c(=O)c2[nH]c(Cc3ccc(Br)cc3)nc21. The molecule has 1 N–H and O–H groups in total. The van der Waals surface area contributed by atoms with Crippen LogP contribution in [0, 0.1) is 11.3 Å². The molecule has 2 heterocycles. The van der Waals surface area contributed by atoms with Crippen LogP contribution < -0.4 is 11.2 Å². The van der Waals surface area contributed by atoms with Crippen LogP contribution in [0.5, 0.6) is 0 Å². The maximum absolute atomic E-state index is 13.1. The van der Waals surface area contributed by atoms with Crippen LogP contribution in [0.2, 0.25) is 0 Å². The molecule has 0 amide bonds. The lowest BCUT2D eigenvalue weighted by molar-refractivity contribution is 0.340. The summed E-state index contributed by atoms with van der Waals surface area (Å²) in [4.78, 5) is 34.0. The smallest absolute Gasteiger partial charge is 0.332 e. The van der Waals surface area contributed by atoms with Crippen LogP contribution in [0.3, 0.4) is 0 Å². The van der Waals surface area contributed by atoms with Crippen molar-refractivity contribution in [2.24, 2.45) is 11.3 Å². The molecule has 156 valence electrons. The number of fused-ring (bicyclic) bond motifs is 1. The predicted octanol–water partition coefficient (Wildman–Crippen LogP) is 4.33. The first kappa shape index (κ1) is 21.6. The number of H-pyrrole nitrogens is 1. The number of halogens is 1. The minimum absolute atomic E-state index is 0.0322. The van der Waals surface area contributed by atoms with E-state index in [9.17, 15) is 9.59 Å². The fourth-order valence-corrected chi connectivity index (χ4v) is 3.53. The third-order valence-electron chi connectivity index (χ3n) is 4.83. The highest BCUT2D eigenvalue weighted by atomic mass is 79.9. The number of nitrogens with one attached hydrogen (secondary N) is 1. The number of nitrogens with zero attached hydrogens (tertiary/aromatic N) is 3. The lowest BCUT2D eigenvalue weighted by Crippen LogP contribution is -2.41. The highest BCUT2D eigenvalue weighted by molar-refractivity contribution is 9.10. The number of aromatic nitrogens is 4. The van der Waals surface area contributed by atoms with Crippen LogP contribution in [0.15, 0.2) is 38.3 Å². The van der Waals surface area contributed by atoms with E-state index in [-0.39, 0.29) is 22.6 Å². The fourth-order valence-electron chi connectivity index (χ4n) is 3.27. The van der Waals surface area contributed by atoms with Gasteiger partial charge in [-0.05, 0) is 35.4 Å². The first-order valence-electron chi connectivity index (χ1n) is 10.0. The van der Waals surface area contributed by atoms with Gasteiger partial charge < -0.3 is 4.98 Å². The molecule has 3 rings (SSSR count). The summed E-state index contributed by atoms with van der Waals surface area (Å²) in [6.45, 7) is 11.3. The Morgan fingerprint density at radius 3 is 2.34 bits per heavy atom. The fraction of sp³-hybridized carbons (Fsp3) is 0.500. The van der Waals surface area contributed by atoms with Gasteiger partial charge in [0.15, 0.2) is 5.65 Å². The molecule has 1 aromatic carbocycles. The van der Waals surface area contributed by atoms with E-state index in [1.54, 1.807) is 4.57 Å². The topological polar surface area (TPSA) is 72.7 Å². The first-order chi connectivity index (χ1) is 13.5. The predicted molar refractivity (Wildman–Crippen MR) is 120 cm³/mol. The lowest BCUT2D eigenvalue weighted by Gasteiger charge is -2.19. The lowest BCUT2D eigenvalue weighted by atomic mass is 9.92. The summed E-state index contributed by atoms with van der Waals surface area (Å²) in [7, 11) is 0. The molecule has 0 radical (unpaired) electrons. The summed E-state index contributed by atoms with van der Waals surface area (Å²) in [5, 5.41) is 0. The van der Waals surface area contributed by atoms with E-state index in [0.717, 1.165) is 16.5 Å². The molecular formula is C22H29BrN4O2. The zero-order chi connectivity index (χ0) is 21.3. The second kappa shape index (κ2) is 8.30. The van der Waals surface area contributed by atoms with Crippen molar-refractivity contribution in [1.29, 1.82) is 0 Å². The Labute approximate surface area is 179 Å². The van der Waals surface area contributed by atoms with Gasteiger partial charge in [-0.25, -0.2) is 9.78 Å². The van der Waals surface area contributed by atoms with E-state index in [0.29, 0.717) is 36.5 Å². The van der Waals surface area contributed by atoms with Crippen molar-refractivity contribution in [2.75, 3.05) is 0 Å². The van der Waals surface area contributed by atoms with Crippen LogP contribution >= 0.6 is 15.9 Å². The second-order valence-electron chi connectivity index (χ2n) is 9.24. The van der Waals surface area contributed by atoms with Crippen molar-refractivity contribution in [2.45, 2.75) is 60.5 Å². The third-order valence-corrected chi connectivity index (χ3v) is 5.36. The highest BCUT2D eigenvalue weighted by Crippen LogP contribution is 2.19. The van der Waals surface area contributed by atoms with Gasteiger partial charge in [-0.1, -0.05) is 62.7 Å². The van der Waals surface area contributed by atoms with Crippen molar-refractivity contribution >= 4 is 27.1 Å². The second-order valence-corrected chi connectivity index (χ2v) is 10.2. The number of benzene rings is 1. The zero-order valence-electron chi connectivity index (χ0n) is 17.8. The third kappa shape index (κ3) is 5.07. The van der Waals surface area contributed by atoms with E-state index in [1.807, 2.05) is 24.3 Å². The maximum atomic E-state index is 13.1. The quantitative estimate of drug-likeness (QED) is 0.594. The van der Waals surface area contributed by atoms with Gasteiger partial charge in [0.05, 0.1) is 0 Å². The van der Waals surface area contributed by atoms with Crippen molar-refractivity contribution in [1.82, 2.24) is 19.1 Å². The normalized spacial score (nSPS) is 12.2. The Bertz CT molecular complexity index is 1120. The number of hydrogen-bond donors (Lipinski definition) is 1. The molecule has 0 aliphatic heterocycles. The Hall–Kier alpha value is -2.15. The Morgan fingerprint density at radius 2 is 1.76 bits per heavy atom. The van der Waals surface area contributed by atoms with Crippen molar-refractivity contribution in [3.05, 3.63) is 61.0 Å². The summed E-state index contributed by atoms with van der Waals surface area (Å²) in [6.07, 6.45) is 1.31. The molecule has 0 saturated carbocycles. The molecule has 0 fully saturated rings. The number of aromatic amines is 1. The molecular weight excluding hydrogens is 432 g/mol. The van der Waals surface area contributed by atoms with Gasteiger partial charge in [-0.2, -0.15) is 0 Å². The molecule has 0 aliphatic rings. The Balaban J connectivity index is 2.10. The zero-order valence-corrected chi connectivity index (χ0v) is 19.3. The van der Waals surface area contributed by atoms with Crippen LogP contribution in [-0.2, 0) is 19.5 Å². The summed E-state index contributed by atoms with van der Waals surface area (Å²) in [5.41, 5.74) is 1.41. The Kier molecular flexibility index (Phi) is 6.17.